The maximum absolute atomic E-state index is 12.9. The molecule has 6 nitrogen and oxygen atoms in total. The zero-order chi connectivity index (χ0) is 21.6. The predicted molar refractivity (Wildman–Crippen MR) is 114 cm³/mol. The van der Waals surface area contributed by atoms with E-state index >= 15 is 0 Å². The highest BCUT2D eigenvalue weighted by Crippen LogP contribution is 2.64. The van der Waals surface area contributed by atoms with E-state index in [0.29, 0.717) is 32.1 Å². The summed E-state index contributed by atoms with van der Waals surface area (Å²) in [6.07, 6.45) is 9.62. The van der Waals surface area contributed by atoms with Crippen molar-refractivity contribution < 1.29 is 19.5 Å². The van der Waals surface area contributed by atoms with Gasteiger partial charge in [-0.05, 0) is 54.0 Å². The number of allylic oxidation sites excluding steroid dienone is 2. The molecule has 1 atom stereocenters. The molecule has 0 aromatic heterocycles. The SMILES string of the molecule is CCC(CC)(C1(N(C)C2(O)CC(C)(C)NC(C)(C)C2)C=CC=CC1)P(=O)(O)O. The van der Waals surface area contributed by atoms with Crippen molar-refractivity contribution in [2.75, 3.05) is 7.05 Å². The second kappa shape index (κ2) is 7.33. The number of nitrogens with one attached hydrogen (secondary N) is 1. The van der Waals surface area contributed by atoms with Gasteiger partial charge in [0.25, 0.3) is 0 Å². The minimum Gasteiger partial charge on any atom is -0.375 e. The van der Waals surface area contributed by atoms with E-state index in [4.69, 9.17) is 0 Å². The van der Waals surface area contributed by atoms with Crippen LogP contribution in [0.15, 0.2) is 24.3 Å². The van der Waals surface area contributed by atoms with E-state index in [1.165, 1.54) is 0 Å². The van der Waals surface area contributed by atoms with Gasteiger partial charge >= 0.3 is 7.60 Å². The summed E-state index contributed by atoms with van der Waals surface area (Å²) >= 11 is 0. The number of aliphatic hydroxyl groups is 1. The van der Waals surface area contributed by atoms with E-state index in [1.54, 1.807) is 0 Å². The van der Waals surface area contributed by atoms with Crippen LogP contribution in [-0.2, 0) is 4.57 Å². The van der Waals surface area contributed by atoms with E-state index in [-0.39, 0.29) is 11.1 Å². The Morgan fingerprint density at radius 3 is 1.93 bits per heavy atom. The van der Waals surface area contributed by atoms with Gasteiger partial charge in [0.05, 0.1) is 10.7 Å². The first-order chi connectivity index (χ1) is 12.6. The molecule has 0 saturated carbocycles. The second-order valence-corrected chi connectivity index (χ2v) is 11.9. The first-order valence-electron chi connectivity index (χ1n) is 10.3. The molecule has 7 heteroatoms. The summed E-state index contributed by atoms with van der Waals surface area (Å²) in [7, 11) is -2.66. The molecule has 1 aliphatic carbocycles. The van der Waals surface area contributed by atoms with Crippen LogP contribution in [0.2, 0.25) is 0 Å². The molecule has 0 spiro atoms. The Kier molecular flexibility index (Phi) is 6.23. The number of rotatable bonds is 6. The molecule has 4 N–H and O–H groups in total. The molecule has 2 aliphatic rings. The third kappa shape index (κ3) is 3.80. The summed E-state index contributed by atoms with van der Waals surface area (Å²) in [5, 5.41) is 14.2. The van der Waals surface area contributed by atoms with Crippen molar-refractivity contribution in [2.24, 2.45) is 0 Å². The normalized spacial score (nSPS) is 29.2. The highest BCUT2D eigenvalue weighted by molar-refractivity contribution is 7.53. The van der Waals surface area contributed by atoms with Crippen LogP contribution in [0.5, 0.6) is 0 Å². The van der Waals surface area contributed by atoms with Gasteiger partial charge in [-0.2, -0.15) is 0 Å². The Balaban J connectivity index is 2.68. The Morgan fingerprint density at radius 2 is 1.57 bits per heavy atom. The lowest BCUT2D eigenvalue weighted by Crippen LogP contribution is -2.74. The first kappa shape index (κ1) is 23.8. The molecule has 28 heavy (non-hydrogen) atoms. The smallest absolute Gasteiger partial charge is 0.333 e. The topological polar surface area (TPSA) is 93.0 Å². The van der Waals surface area contributed by atoms with Gasteiger partial charge in [-0.3, -0.25) is 9.46 Å². The molecule has 0 radical (unpaired) electrons. The lowest BCUT2D eigenvalue weighted by Gasteiger charge is -2.62. The van der Waals surface area contributed by atoms with Crippen molar-refractivity contribution in [1.29, 1.82) is 0 Å². The van der Waals surface area contributed by atoms with Gasteiger partial charge < -0.3 is 20.2 Å². The van der Waals surface area contributed by atoms with Crippen molar-refractivity contribution in [1.82, 2.24) is 10.2 Å². The van der Waals surface area contributed by atoms with E-state index < -0.39 is 24.0 Å². The van der Waals surface area contributed by atoms with Crippen LogP contribution in [0.3, 0.4) is 0 Å². The fourth-order valence-electron chi connectivity index (χ4n) is 6.13. The van der Waals surface area contributed by atoms with Crippen LogP contribution in [0, 0.1) is 0 Å². The molecular formula is C21H39N2O4P. The van der Waals surface area contributed by atoms with Crippen molar-refractivity contribution in [3.63, 3.8) is 0 Å². The fraction of sp³-hybridized carbons (Fsp3) is 0.810. The highest BCUT2D eigenvalue weighted by Gasteiger charge is 2.64. The lowest BCUT2D eigenvalue weighted by atomic mass is 9.69. The molecule has 1 heterocycles. The Morgan fingerprint density at radius 1 is 1.07 bits per heavy atom. The summed E-state index contributed by atoms with van der Waals surface area (Å²) < 4.78 is 12.9. The van der Waals surface area contributed by atoms with Crippen molar-refractivity contribution in [3.8, 4) is 0 Å². The number of piperidine rings is 1. The molecule has 0 bridgehead atoms. The fourth-order valence-corrected chi connectivity index (χ4v) is 7.78. The maximum atomic E-state index is 12.9. The minimum absolute atomic E-state index is 0.316. The van der Waals surface area contributed by atoms with Gasteiger partial charge in [0.2, 0.25) is 0 Å². The average molecular weight is 415 g/mol. The molecule has 1 fully saturated rings. The maximum Gasteiger partial charge on any atom is 0.333 e. The second-order valence-electron chi connectivity index (χ2n) is 9.99. The van der Waals surface area contributed by atoms with Crippen LogP contribution in [0.1, 0.15) is 73.6 Å². The molecule has 0 aromatic rings. The van der Waals surface area contributed by atoms with Gasteiger partial charge in [-0.15, -0.1) is 0 Å². The first-order valence-corrected chi connectivity index (χ1v) is 11.9. The largest absolute Gasteiger partial charge is 0.375 e. The van der Waals surface area contributed by atoms with E-state index in [1.807, 2.05) is 50.1 Å². The van der Waals surface area contributed by atoms with Crippen molar-refractivity contribution >= 4 is 7.60 Å². The molecule has 2 rings (SSSR count). The van der Waals surface area contributed by atoms with Gasteiger partial charge in [0, 0.05) is 23.9 Å². The number of nitrogens with zero attached hydrogens (tertiary/aromatic N) is 1. The molecule has 162 valence electrons. The standard InChI is InChI=1S/C21H39N2O4P/c1-8-20(9-2,28(25,26)27)19(13-11-10-12-14-19)23(7)21(24)15-17(3,4)22-18(5,6)16-21/h10-13,22,24H,8-9,14-16H2,1-7H3,(H2,25,26,27). The summed E-state index contributed by atoms with van der Waals surface area (Å²) in [5.41, 5.74) is -2.83. The van der Waals surface area contributed by atoms with Crippen molar-refractivity contribution in [3.05, 3.63) is 24.3 Å². The zero-order valence-corrected chi connectivity index (χ0v) is 19.4. The number of likely N-dealkylation sites (N-methyl/N-ethyl adjacent to an activating group) is 1. The van der Waals surface area contributed by atoms with Gasteiger partial charge in [0.15, 0.2) is 0 Å². The Hall–Kier alpha value is -0.490. The Labute approximate surface area is 170 Å². The summed E-state index contributed by atoms with van der Waals surface area (Å²) in [4.78, 5) is 22.9. The van der Waals surface area contributed by atoms with Gasteiger partial charge in [-0.25, -0.2) is 0 Å². The number of hydrogen-bond donors (Lipinski definition) is 4. The quantitative estimate of drug-likeness (QED) is 0.392. The molecule has 0 aromatic carbocycles. The lowest BCUT2D eigenvalue weighted by molar-refractivity contribution is -0.190. The predicted octanol–water partition coefficient (Wildman–Crippen LogP) is 3.54. The summed E-state index contributed by atoms with van der Waals surface area (Å²) in [6.45, 7) is 11.9. The molecule has 1 aliphatic heterocycles. The third-order valence-corrected chi connectivity index (χ3v) is 9.07. The van der Waals surface area contributed by atoms with Crippen LogP contribution in [-0.4, -0.2) is 54.3 Å². The average Bonchev–Trinajstić information content (AvgIpc) is 2.51. The van der Waals surface area contributed by atoms with Gasteiger partial charge in [0.1, 0.15) is 5.72 Å². The Bertz CT molecular complexity index is 675. The highest BCUT2D eigenvalue weighted by atomic mass is 31.2. The molecular weight excluding hydrogens is 375 g/mol. The minimum atomic E-state index is -4.49. The van der Waals surface area contributed by atoms with E-state index in [2.05, 4.69) is 33.0 Å². The number of hydrogen-bond acceptors (Lipinski definition) is 4. The third-order valence-electron chi connectivity index (χ3n) is 6.93. The van der Waals surface area contributed by atoms with Crippen LogP contribution in [0.4, 0.5) is 0 Å². The molecule has 0 amide bonds. The van der Waals surface area contributed by atoms with E-state index in [9.17, 15) is 19.5 Å². The monoisotopic (exact) mass is 414 g/mol. The molecule has 1 saturated heterocycles. The molecule has 1 unspecified atom stereocenters. The zero-order valence-electron chi connectivity index (χ0n) is 18.5. The summed E-state index contributed by atoms with van der Waals surface area (Å²) in [6, 6.07) is 0. The van der Waals surface area contributed by atoms with Crippen molar-refractivity contribution in [2.45, 2.75) is 101 Å². The van der Waals surface area contributed by atoms with Gasteiger partial charge in [-0.1, -0.05) is 38.2 Å². The summed E-state index contributed by atoms with van der Waals surface area (Å²) in [5.74, 6) is 0. The van der Waals surface area contributed by atoms with Crippen LogP contribution < -0.4 is 5.32 Å². The van der Waals surface area contributed by atoms with Crippen LogP contribution >= 0.6 is 7.60 Å². The van der Waals surface area contributed by atoms with Crippen LogP contribution in [0.25, 0.3) is 0 Å². The van der Waals surface area contributed by atoms with E-state index in [0.717, 1.165) is 0 Å².